The number of carbonyl (C=O) groups excluding carboxylic acids is 1. The van der Waals surface area contributed by atoms with Crippen LogP contribution in [0.15, 0.2) is 24.3 Å². The van der Waals surface area contributed by atoms with E-state index in [1.165, 1.54) is 0 Å². The molecular weight excluding hydrogens is 164 g/mol. The Morgan fingerprint density at radius 2 is 2.23 bits per heavy atom. The molecule has 70 valence electrons. The Labute approximate surface area is 77.9 Å². The van der Waals surface area contributed by atoms with Gasteiger partial charge in [0, 0.05) is 18.7 Å². The molecule has 0 aliphatic carbocycles. The van der Waals surface area contributed by atoms with Gasteiger partial charge in [-0.2, -0.15) is 0 Å². The summed E-state index contributed by atoms with van der Waals surface area (Å²) >= 11 is 0. The van der Waals surface area contributed by atoms with Gasteiger partial charge in [-0.25, -0.2) is 0 Å². The van der Waals surface area contributed by atoms with E-state index in [4.69, 9.17) is 5.73 Å². The van der Waals surface area contributed by atoms with Gasteiger partial charge in [0.15, 0.2) is 0 Å². The molecule has 0 radical (unpaired) electrons. The highest BCUT2D eigenvalue weighted by molar-refractivity contribution is 5.94. The zero-order chi connectivity index (χ0) is 9.84. The molecule has 1 rings (SSSR count). The minimum absolute atomic E-state index is 0.0374. The first kappa shape index (κ1) is 9.74. The molecule has 0 aliphatic rings. The number of nitrogens with one attached hydrogen (secondary N) is 1. The zero-order valence-corrected chi connectivity index (χ0v) is 7.87. The maximum absolute atomic E-state index is 11.2. The van der Waals surface area contributed by atoms with Gasteiger partial charge in [0.05, 0.1) is 0 Å². The summed E-state index contributed by atoms with van der Waals surface area (Å²) in [7, 11) is 1.61. The number of carbonyl (C=O) groups is 1. The summed E-state index contributed by atoms with van der Waals surface area (Å²) in [6.45, 7) is 1.89. The van der Waals surface area contributed by atoms with Crippen molar-refractivity contribution < 1.29 is 4.79 Å². The van der Waals surface area contributed by atoms with E-state index in [9.17, 15) is 4.79 Å². The number of nitrogens with two attached hydrogens (primary N) is 1. The SMILES string of the molecule is CNC(=O)c1cccc(C(C)N)c1. The molecule has 0 spiro atoms. The van der Waals surface area contributed by atoms with Crippen LogP contribution in [-0.4, -0.2) is 13.0 Å². The molecule has 0 fully saturated rings. The van der Waals surface area contributed by atoms with Crippen molar-refractivity contribution in [3.05, 3.63) is 35.4 Å². The molecule has 0 aromatic heterocycles. The number of amides is 1. The quantitative estimate of drug-likeness (QED) is 0.711. The molecule has 0 aliphatic heterocycles. The predicted molar refractivity (Wildman–Crippen MR) is 52.4 cm³/mol. The van der Waals surface area contributed by atoms with Crippen molar-refractivity contribution in [3.8, 4) is 0 Å². The lowest BCUT2D eigenvalue weighted by molar-refractivity contribution is 0.0963. The summed E-state index contributed by atoms with van der Waals surface area (Å²) in [6, 6.07) is 7.29. The molecule has 0 saturated heterocycles. The Morgan fingerprint density at radius 1 is 1.54 bits per heavy atom. The van der Waals surface area contributed by atoms with Crippen LogP contribution in [0, 0.1) is 0 Å². The van der Waals surface area contributed by atoms with Gasteiger partial charge >= 0.3 is 0 Å². The van der Waals surface area contributed by atoms with Gasteiger partial charge in [-0.3, -0.25) is 4.79 Å². The number of hydrogen-bond donors (Lipinski definition) is 2. The van der Waals surface area contributed by atoms with Crippen LogP contribution in [0.1, 0.15) is 28.9 Å². The maximum atomic E-state index is 11.2. The third kappa shape index (κ3) is 2.29. The normalized spacial score (nSPS) is 12.2. The standard InChI is InChI=1S/C10H14N2O/c1-7(11)8-4-3-5-9(6-8)10(13)12-2/h3-7H,11H2,1-2H3,(H,12,13). The van der Waals surface area contributed by atoms with Crippen molar-refractivity contribution >= 4 is 5.91 Å². The third-order valence-electron chi connectivity index (χ3n) is 1.90. The van der Waals surface area contributed by atoms with Gasteiger partial charge in [-0.15, -0.1) is 0 Å². The van der Waals surface area contributed by atoms with Crippen LogP contribution in [0.4, 0.5) is 0 Å². The van der Waals surface area contributed by atoms with Gasteiger partial charge < -0.3 is 11.1 Å². The molecule has 3 N–H and O–H groups in total. The second-order valence-electron chi connectivity index (χ2n) is 2.99. The molecule has 1 aromatic rings. The summed E-state index contributed by atoms with van der Waals surface area (Å²) in [4.78, 5) is 11.2. The van der Waals surface area contributed by atoms with E-state index >= 15 is 0 Å². The van der Waals surface area contributed by atoms with Crippen LogP contribution < -0.4 is 11.1 Å². The van der Waals surface area contributed by atoms with Crippen LogP contribution in [0.3, 0.4) is 0 Å². The van der Waals surface area contributed by atoms with Crippen molar-refractivity contribution in [1.82, 2.24) is 5.32 Å². The number of hydrogen-bond acceptors (Lipinski definition) is 2. The van der Waals surface area contributed by atoms with Gasteiger partial charge in [0.2, 0.25) is 0 Å². The molecule has 1 atom stereocenters. The van der Waals surface area contributed by atoms with Crippen molar-refractivity contribution in [2.24, 2.45) is 5.73 Å². The second-order valence-corrected chi connectivity index (χ2v) is 2.99. The average molecular weight is 178 g/mol. The molecule has 1 aromatic carbocycles. The van der Waals surface area contributed by atoms with E-state index in [2.05, 4.69) is 5.32 Å². The topological polar surface area (TPSA) is 55.1 Å². The summed E-state index contributed by atoms with van der Waals surface area (Å²) in [6.07, 6.45) is 0. The van der Waals surface area contributed by atoms with E-state index in [-0.39, 0.29) is 11.9 Å². The first-order chi connectivity index (χ1) is 6.15. The van der Waals surface area contributed by atoms with Crippen LogP contribution in [-0.2, 0) is 0 Å². The Kier molecular flexibility index (Phi) is 3.03. The van der Waals surface area contributed by atoms with E-state index in [1.807, 2.05) is 25.1 Å². The maximum Gasteiger partial charge on any atom is 0.251 e. The molecule has 0 heterocycles. The average Bonchev–Trinajstić information content (AvgIpc) is 2.17. The molecule has 1 unspecified atom stereocenters. The number of benzene rings is 1. The van der Waals surface area contributed by atoms with Gasteiger partial charge in [-0.1, -0.05) is 12.1 Å². The Balaban J connectivity index is 2.98. The van der Waals surface area contributed by atoms with Gasteiger partial charge in [0.25, 0.3) is 5.91 Å². The lowest BCUT2D eigenvalue weighted by Gasteiger charge is -2.06. The molecule has 13 heavy (non-hydrogen) atoms. The lowest BCUT2D eigenvalue weighted by atomic mass is 10.1. The van der Waals surface area contributed by atoms with E-state index in [0.29, 0.717) is 5.56 Å². The molecule has 3 heteroatoms. The van der Waals surface area contributed by atoms with Crippen molar-refractivity contribution in [1.29, 1.82) is 0 Å². The summed E-state index contributed by atoms with van der Waals surface area (Å²) < 4.78 is 0. The largest absolute Gasteiger partial charge is 0.355 e. The lowest BCUT2D eigenvalue weighted by Crippen LogP contribution is -2.18. The molecule has 1 amide bonds. The van der Waals surface area contributed by atoms with Crippen molar-refractivity contribution in [2.45, 2.75) is 13.0 Å². The van der Waals surface area contributed by atoms with Crippen molar-refractivity contribution in [3.63, 3.8) is 0 Å². The Hall–Kier alpha value is -1.35. The monoisotopic (exact) mass is 178 g/mol. The molecule has 3 nitrogen and oxygen atoms in total. The van der Waals surface area contributed by atoms with Crippen LogP contribution in [0.5, 0.6) is 0 Å². The zero-order valence-electron chi connectivity index (χ0n) is 7.87. The summed E-state index contributed by atoms with van der Waals surface area (Å²) in [5.74, 6) is -0.0810. The first-order valence-electron chi connectivity index (χ1n) is 4.22. The Bertz CT molecular complexity index is 308. The van der Waals surface area contributed by atoms with Crippen LogP contribution >= 0.6 is 0 Å². The van der Waals surface area contributed by atoms with E-state index in [1.54, 1.807) is 13.1 Å². The fourth-order valence-electron chi connectivity index (χ4n) is 1.11. The predicted octanol–water partition coefficient (Wildman–Crippen LogP) is 1.07. The minimum Gasteiger partial charge on any atom is -0.355 e. The van der Waals surface area contributed by atoms with Crippen LogP contribution in [0.25, 0.3) is 0 Å². The first-order valence-corrected chi connectivity index (χ1v) is 4.22. The second kappa shape index (κ2) is 4.05. The highest BCUT2D eigenvalue weighted by atomic mass is 16.1. The summed E-state index contributed by atoms with van der Waals surface area (Å²) in [5.41, 5.74) is 7.32. The highest BCUT2D eigenvalue weighted by Crippen LogP contribution is 2.11. The summed E-state index contributed by atoms with van der Waals surface area (Å²) in [5, 5.41) is 2.57. The minimum atomic E-state index is -0.0810. The van der Waals surface area contributed by atoms with E-state index in [0.717, 1.165) is 5.56 Å². The van der Waals surface area contributed by atoms with Gasteiger partial charge in [-0.05, 0) is 24.6 Å². The fraction of sp³-hybridized carbons (Fsp3) is 0.300. The highest BCUT2D eigenvalue weighted by Gasteiger charge is 2.05. The smallest absolute Gasteiger partial charge is 0.251 e. The fourth-order valence-corrected chi connectivity index (χ4v) is 1.11. The van der Waals surface area contributed by atoms with Gasteiger partial charge in [0.1, 0.15) is 0 Å². The van der Waals surface area contributed by atoms with E-state index < -0.39 is 0 Å². The van der Waals surface area contributed by atoms with Crippen LogP contribution in [0.2, 0.25) is 0 Å². The third-order valence-corrected chi connectivity index (χ3v) is 1.90. The van der Waals surface area contributed by atoms with Crippen molar-refractivity contribution in [2.75, 3.05) is 7.05 Å². The Morgan fingerprint density at radius 3 is 2.77 bits per heavy atom. The molecule has 0 bridgehead atoms. The number of rotatable bonds is 2. The molecular formula is C10H14N2O. The molecule has 0 saturated carbocycles.